The van der Waals surface area contributed by atoms with Gasteiger partial charge in [-0.25, -0.2) is 0 Å². The highest BCUT2D eigenvalue weighted by Gasteiger charge is 1.84. The van der Waals surface area contributed by atoms with E-state index in [9.17, 15) is 0 Å². The molecule has 0 spiro atoms. The van der Waals surface area contributed by atoms with Crippen molar-refractivity contribution in [3.63, 3.8) is 0 Å². The zero-order chi connectivity index (χ0) is 6.95. The minimum Gasteiger partial charge on any atom is -0.382 e. The molecule has 0 N–H and O–H groups in total. The van der Waals surface area contributed by atoms with Crippen molar-refractivity contribution >= 4 is 0 Å². The normalized spacial score (nSPS) is 8.18. The van der Waals surface area contributed by atoms with Crippen molar-refractivity contribution in [2.24, 2.45) is 0 Å². The van der Waals surface area contributed by atoms with Gasteiger partial charge in [0.15, 0.2) is 0 Å². The molecule has 0 atom stereocenters. The van der Waals surface area contributed by atoms with Crippen LogP contribution in [0.15, 0.2) is 0 Å². The van der Waals surface area contributed by atoms with Crippen LogP contribution in [0.2, 0.25) is 0 Å². The van der Waals surface area contributed by atoms with E-state index in [0.717, 1.165) is 0 Å². The molecule has 0 bridgehead atoms. The number of methoxy groups -OCH3 is 2. The Balaban J connectivity index is -0.000000320. The highest BCUT2D eigenvalue weighted by Crippen LogP contribution is 1.75. The van der Waals surface area contributed by atoms with Gasteiger partial charge in [-0.1, -0.05) is 14.9 Å². The Morgan fingerprint density at radius 3 is 1.36 bits per heavy atom. The molecular weight excluding hydrogens is 144 g/mol. The molecule has 3 heteroatoms. The molecular formula is C8H22O3. The van der Waals surface area contributed by atoms with Crippen molar-refractivity contribution in [3.05, 3.63) is 0 Å². The zero-order valence-electron chi connectivity index (χ0n) is 6.05. The van der Waals surface area contributed by atoms with Gasteiger partial charge < -0.3 is 14.2 Å². The van der Waals surface area contributed by atoms with Crippen LogP contribution < -0.4 is 0 Å². The van der Waals surface area contributed by atoms with Crippen LogP contribution in [-0.4, -0.2) is 40.6 Å². The van der Waals surface area contributed by atoms with Crippen molar-refractivity contribution in [2.45, 2.75) is 14.9 Å². The first-order valence-corrected chi connectivity index (χ1v) is 2.97. The molecule has 0 fully saturated rings. The monoisotopic (exact) mass is 166 g/mol. The number of ether oxygens (including phenoxy) is 3. The molecule has 0 rings (SSSR count). The van der Waals surface area contributed by atoms with Crippen LogP contribution >= 0.6 is 0 Å². The summed E-state index contributed by atoms with van der Waals surface area (Å²) in [7, 11) is 3.30. The number of hydrogen-bond acceptors (Lipinski definition) is 3. The van der Waals surface area contributed by atoms with Crippen molar-refractivity contribution in [1.29, 1.82) is 0 Å². The van der Waals surface area contributed by atoms with Crippen LogP contribution in [-0.2, 0) is 14.2 Å². The predicted octanol–water partition coefficient (Wildman–Crippen LogP) is 1.57. The second kappa shape index (κ2) is 16.5. The number of hydrogen-bond donors (Lipinski definition) is 0. The fourth-order valence-corrected chi connectivity index (χ4v) is 0.387. The van der Waals surface area contributed by atoms with Gasteiger partial charge in [0, 0.05) is 14.2 Å². The lowest BCUT2D eigenvalue weighted by Crippen LogP contribution is -2.06. The third kappa shape index (κ3) is 17.7. The minimum absolute atomic E-state index is 0. The van der Waals surface area contributed by atoms with Crippen LogP contribution in [0.25, 0.3) is 0 Å². The molecule has 3 nitrogen and oxygen atoms in total. The average molecular weight is 166 g/mol. The summed E-state index contributed by atoms with van der Waals surface area (Å²) < 4.78 is 14.6. The maximum absolute atomic E-state index is 5.06. The van der Waals surface area contributed by atoms with Gasteiger partial charge in [-0.15, -0.1) is 0 Å². The average Bonchev–Trinajstić information content (AvgIpc) is 1.89. The third-order valence-electron chi connectivity index (χ3n) is 0.864. The summed E-state index contributed by atoms with van der Waals surface area (Å²) >= 11 is 0. The molecule has 0 radical (unpaired) electrons. The Bertz CT molecular complexity index is 42.6. The number of rotatable bonds is 6. The Labute approximate surface area is 70.6 Å². The summed E-state index contributed by atoms with van der Waals surface area (Å²) in [6.07, 6.45) is 0. The smallest absolute Gasteiger partial charge is 0.0701 e. The minimum atomic E-state index is 0. The van der Waals surface area contributed by atoms with Gasteiger partial charge in [-0.3, -0.25) is 0 Å². The van der Waals surface area contributed by atoms with Crippen molar-refractivity contribution < 1.29 is 14.2 Å². The second-order valence-corrected chi connectivity index (χ2v) is 1.60. The lowest BCUT2D eigenvalue weighted by Gasteiger charge is -2.00. The first-order valence-electron chi connectivity index (χ1n) is 2.97. The van der Waals surface area contributed by atoms with Crippen LogP contribution in [0, 0.1) is 0 Å². The Morgan fingerprint density at radius 2 is 1.09 bits per heavy atom. The zero-order valence-corrected chi connectivity index (χ0v) is 6.05. The highest BCUT2D eigenvalue weighted by molar-refractivity contribution is 4.28. The molecule has 0 amide bonds. The maximum atomic E-state index is 5.06. The van der Waals surface area contributed by atoms with Crippen LogP contribution in [0.4, 0.5) is 0 Å². The predicted molar refractivity (Wildman–Crippen MR) is 48.0 cm³/mol. The van der Waals surface area contributed by atoms with Gasteiger partial charge in [-0.2, -0.15) is 0 Å². The summed E-state index contributed by atoms with van der Waals surface area (Å²) in [6, 6.07) is 0. The van der Waals surface area contributed by atoms with Crippen LogP contribution in [0.3, 0.4) is 0 Å². The molecule has 72 valence electrons. The molecule has 0 aliphatic carbocycles. The van der Waals surface area contributed by atoms with Crippen molar-refractivity contribution in [1.82, 2.24) is 0 Å². The molecule has 11 heavy (non-hydrogen) atoms. The van der Waals surface area contributed by atoms with Crippen LogP contribution in [0.5, 0.6) is 0 Å². The van der Waals surface area contributed by atoms with Gasteiger partial charge in [0.05, 0.1) is 26.4 Å². The topological polar surface area (TPSA) is 27.7 Å². The van der Waals surface area contributed by atoms with Gasteiger partial charge in [-0.05, 0) is 0 Å². The molecule has 0 aliphatic heterocycles. The van der Waals surface area contributed by atoms with E-state index in [4.69, 9.17) is 14.2 Å². The van der Waals surface area contributed by atoms with E-state index in [2.05, 4.69) is 0 Å². The summed E-state index contributed by atoms with van der Waals surface area (Å²) in [5, 5.41) is 0. The second-order valence-electron chi connectivity index (χ2n) is 1.60. The Kier molecular flexibility index (Phi) is 25.6. The molecule has 0 aliphatic rings. The largest absolute Gasteiger partial charge is 0.382 e. The molecule has 0 aromatic carbocycles. The van der Waals surface area contributed by atoms with E-state index in [0.29, 0.717) is 26.4 Å². The summed E-state index contributed by atoms with van der Waals surface area (Å²) in [5.41, 5.74) is 0. The van der Waals surface area contributed by atoms with Gasteiger partial charge in [0.25, 0.3) is 0 Å². The molecule has 0 saturated heterocycles. The lowest BCUT2D eigenvalue weighted by molar-refractivity contribution is 0.0385. The van der Waals surface area contributed by atoms with E-state index < -0.39 is 0 Å². The molecule has 0 unspecified atom stereocenters. The van der Waals surface area contributed by atoms with E-state index in [1.165, 1.54) is 0 Å². The Hall–Kier alpha value is -0.120. The molecule has 0 heterocycles. The molecule has 0 saturated carbocycles. The summed E-state index contributed by atoms with van der Waals surface area (Å²) in [5.74, 6) is 0. The summed E-state index contributed by atoms with van der Waals surface area (Å²) in [6.45, 7) is 2.62. The SMILES string of the molecule is C.C.COCCOCCOC. The van der Waals surface area contributed by atoms with E-state index in [1.54, 1.807) is 14.2 Å². The Morgan fingerprint density at radius 1 is 0.727 bits per heavy atom. The molecule has 0 aromatic heterocycles. The van der Waals surface area contributed by atoms with E-state index >= 15 is 0 Å². The fraction of sp³-hybridized carbons (Fsp3) is 1.00. The maximum Gasteiger partial charge on any atom is 0.0701 e. The van der Waals surface area contributed by atoms with Crippen molar-refractivity contribution in [2.75, 3.05) is 40.6 Å². The van der Waals surface area contributed by atoms with Crippen LogP contribution in [0.1, 0.15) is 14.9 Å². The summed E-state index contributed by atoms with van der Waals surface area (Å²) in [4.78, 5) is 0. The quantitative estimate of drug-likeness (QED) is 0.560. The lowest BCUT2D eigenvalue weighted by atomic mass is 10.7. The van der Waals surface area contributed by atoms with Gasteiger partial charge in [0.1, 0.15) is 0 Å². The fourth-order valence-electron chi connectivity index (χ4n) is 0.387. The van der Waals surface area contributed by atoms with E-state index in [-0.39, 0.29) is 14.9 Å². The first kappa shape index (κ1) is 17.1. The first-order chi connectivity index (χ1) is 4.41. The molecule has 0 aromatic rings. The standard InChI is InChI=1S/C6H14O3.2CH4/c1-7-3-5-9-6-4-8-2;;/h3-6H2,1-2H3;2*1H4. The van der Waals surface area contributed by atoms with Gasteiger partial charge >= 0.3 is 0 Å². The highest BCUT2D eigenvalue weighted by atomic mass is 16.5. The third-order valence-corrected chi connectivity index (χ3v) is 0.864. The van der Waals surface area contributed by atoms with E-state index in [1.807, 2.05) is 0 Å². The van der Waals surface area contributed by atoms with Crippen molar-refractivity contribution in [3.8, 4) is 0 Å². The van der Waals surface area contributed by atoms with Gasteiger partial charge in [0.2, 0.25) is 0 Å².